The summed E-state index contributed by atoms with van der Waals surface area (Å²) in [5.74, 6) is 0.353. The van der Waals surface area contributed by atoms with E-state index < -0.39 is 0 Å². The van der Waals surface area contributed by atoms with Crippen molar-refractivity contribution in [2.75, 3.05) is 36.4 Å². The molecule has 0 saturated carbocycles. The number of hydrogen-bond acceptors (Lipinski definition) is 5. The molecule has 1 aliphatic rings. The van der Waals surface area contributed by atoms with Crippen LogP contribution in [0.1, 0.15) is 17.4 Å². The van der Waals surface area contributed by atoms with Gasteiger partial charge in [0.1, 0.15) is 17.8 Å². The molecule has 154 valence electrons. The second-order valence-corrected chi connectivity index (χ2v) is 7.45. The van der Waals surface area contributed by atoms with Crippen LogP contribution >= 0.6 is 11.6 Å². The molecule has 4 rings (SSSR count). The lowest BCUT2D eigenvalue weighted by atomic mass is 10.2. The molecular weight excluding hydrogens is 404 g/mol. The average molecular weight is 425 g/mol. The lowest BCUT2D eigenvalue weighted by Gasteiger charge is -2.35. The highest BCUT2D eigenvalue weighted by Crippen LogP contribution is 2.21. The first-order valence-electron chi connectivity index (χ1n) is 9.57. The molecule has 1 N–H and O–H groups in total. The van der Waals surface area contributed by atoms with Crippen LogP contribution in [0, 0.1) is 0 Å². The predicted molar refractivity (Wildman–Crippen MR) is 115 cm³/mol. The Bertz CT molecular complexity index is 1060. The van der Waals surface area contributed by atoms with Crippen LogP contribution in [0.5, 0.6) is 0 Å². The van der Waals surface area contributed by atoms with E-state index in [1.807, 2.05) is 24.3 Å². The lowest BCUT2D eigenvalue weighted by Crippen LogP contribution is -2.48. The second kappa shape index (κ2) is 8.54. The average Bonchev–Trinajstić information content (AvgIpc) is 3.24. The number of piperazine rings is 1. The molecule has 1 aliphatic heterocycles. The Morgan fingerprint density at radius 2 is 1.87 bits per heavy atom. The van der Waals surface area contributed by atoms with Gasteiger partial charge in [-0.05, 0) is 30.3 Å². The summed E-state index contributed by atoms with van der Waals surface area (Å²) in [5.41, 5.74) is 2.05. The van der Waals surface area contributed by atoms with Crippen LogP contribution < -0.4 is 10.2 Å². The number of aromatic nitrogens is 3. The first-order chi connectivity index (χ1) is 14.5. The van der Waals surface area contributed by atoms with Crippen molar-refractivity contribution in [3.63, 3.8) is 0 Å². The molecule has 1 saturated heterocycles. The number of halogens is 1. The van der Waals surface area contributed by atoms with Crippen molar-refractivity contribution in [1.29, 1.82) is 0 Å². The van der Waals surface area contributed by atoms with Gasteiger partial charge in [-0.3, -0.25) is 14.2 Å². The van der Waals surface area contributed by atoms with Crippen molar-refractivity contribution < 1.29 is 9.59 Å². The molecule has 2 amide bonds. The molecule has 1 aromatic carbocycles. The third-order valence-electron chi connectivity index (χ3n) is 4.87. The van der Waals surface area contributed by atoms with Crippen LogP contribution in [0.2, 0.25) is 5.02 Å². The van der Waals surface area contributed by atoms with Crippen molar-refractivity contribution in [1.82, 2.24) is 19.4 Å². The van der Waals surface area contributed by atoms with Crippen LogP contribution in [0.4, 0.5) is 11.4 Å². The zero-order valence-electron chi connectivity index (χ0n) is 16.5. The Hall–Kier alpha value is -3.39. The van der Waals surface area contributed by atoms with E-state index in [0.717, 1.165) is 18.8 Å². The molecule has 3 aromatic rings. The summed E-state index contributed by atoms with van der Waals surface area (Å²) >= 11 is 6.08. The highest BCUT2D eigenvalue weighted by Gasteiger charge is 2.24. The second-order valence-electron chi connectivity index (χ2n) is 7.01. The quantitative estimate of drug-likeness (QED) is 0.696. The highest BCUT2D eigenvalue weighted by atomic mass is 35.5. The summed E-state index contributed by atoms with van der Waals surface area (Å²) in [7, 11) is 0. The SMILES string of the molecule is CC(=O)Nc1ccc(-n2cnc(C(=O)N3CCN(c4cccc(Cl)c4)CC3)c2)nc1. The van der Waals surface area contributed by atoms with Crippen LogP contribution in [-0.4, -0.2) is 57.4 Å². The summed E-state index contributed by atoms with van der Waals surface area (Å²) in [6, 6.07) is 11.2. The van der Waals surface area contributed by atoms with Gasteiger partial charge in [-0.15, -0.1) is 0 Å². The van der Waals surface area contributed by atoms with Crippen molar-refractivity contribution in [3.05, 3.63) is 65.8 Å². The molecule has 0 bridgehead atoms. The molecule has 0 radical (unpaired) electrons. The van der Waals surface area contributed by atoms with E-state index in [-0.39, 0.29) is 11.8 Å². The van der Waals surface area contributed by atoms with E-state index in [0.29, 0.717) is 35.3 Å². The number of benzene rings is 1. The summed E-state index contributed by atoms with van der Waals surface area (Å²) in [6.07, 6.45) is 4.80. The Morgan fingerprint density at radius 1 is 1.07 bits per heavy atom. The molecule has 0 atom stereocenters. The maximum absolute atomic E-state index is 12.9. The molecule has 9 heteroatoms. The molecule has 2 aromatic heterocycles. The fraction of sp³-hybridized carbons (Fsp3) is 0.238. The fourth-order valence-corrected chi connectivity index (χ4v) is 3.56. The van der Waals surface area contributed by atoms with Gasteiger partial charge in [-0.1, -0.05) is 17.7 Å². The number of amides is 2. The maximum atomic E-state index is 12.9. The van der Waals surface area contributed by atoms with E-state index in [4.69, 9.17) is 11.6 Å². The van der Waals surface area contributed by atoms with Crippen LogP contribution in [0.25, 0.3) is 5.82 Å². The van der Waals surface area contributed by atoms with Crippen LogP contribution in [-0.2, 0) is 4.79 Å². The number of carbonyl (C=O) groups is 2. The predicted octanol–water partition coefficient (Wildman–Crippen LogP) is 2.84. The molecule has 3 heterocycles. The van der Waals surface area contributed by atoms with Gasteiger partial charge in [0, 0.05) is 50.0 Å². The van der Waals surface area contributed by atoms with Gasteiger partial charge in [0.05, 0.1) is 11.9 Å². The molecule has 0 spiro atoms. The number of pyridine rings is 1. The minimum atomic E-state index is -0.157. The molecule has 1 fully saturated rings. The fourth-order valence-electron chi connectivity index (χ4n) is 3.38. The van der Waals surface area contributed by atoms with Crippen molar-refractivity contribution in [2.24, 2.45) is 0 Å². The van der Waals surface area contributed by atoms with Gasteiger partial charge in [-0.2, -0.15) is 0 Å². The summed E-state index contributed by atoms with van der Waals surface area (Å²) < 4.78 is 1.69. The molecular formula is C21H21ClN6O2. The minimum absolute atomic E-state index is 0.102. The highest BCUT2D eigenvalue weighted by molar-refractivity contribution is 6.30. The standard InChI is InChI=1S/C21H21ClN6O2/c1-15(29)25-17-5-6-20(23-12-17)28-13-19(24-14-28)21(30)27-9-7-26(8-10-27)18-4-2-3-16(22)11-18/h2-6,11-14H,7-10H2,1H3,(H,25,29). The Balaban J connectivity index is 1.39. The van der Waals surface area contributed by atoms with E-state index in [1.165, 1.54) is 6.92 Å². The molecule has 8 nitrogen and oxygen atoms in total. The smallest absolute Gasteiger partial charge is 0.274 e. The molecule has 30 heavy (non-hydrogen) atoms. The van der Waals surface area contributed by atoms with E-state index in [9.17, 15) is 9.59 Å². The van der Waals surface area contributed by atoms with E-state index >= 15 is 0 Å². The first-order valence-corrected chi connectivity index (χ1v) is 9.95. The van der Waals surface area contributed by atoms with Crippen LogP contribution in [0.15, 0.2) is 55.1 Å². The number of hydrogen-bond donors (Lipinski definition) is 1. The third-order valence-corrected chi connectivity index (χ3v) is 5.11. The Labute approximate surface area is 179 Å². The third kappa shape index (κ3) is 4.44. The summed E-state index contributed by atoms with van der Waals surface area (Å²) in [5, 5.41) is 3.37. The van der Waals surface area contributed by atoms with Gasteiger partial charge >= 0.3 is 0 Å². The van der Waals surface area contributed by atoms with Gasteiger partial charge < -0.3 is 15.1 Å². The largest absolute Gasteiger partial charge is 0.368 e. The van der Waals surface area contributed by atoms with Crippen molar-refractivity contribution >= 4 is 34.8 Å². The summed E-state index contributed by atoms with van der Waals surface area (Å²) in [6.45, 7) is 4.14. The van der Waals surface area contributed by atoms with Crippen LogP contribution in [0.3, 0.4) is 0 Å². The minimum Gasteiger partial charge on any atom is -0.368 e. The number of carbonyl (C=O) groups excluding carboxylic acids is 2. The van der Waals surface area contributed by atoms with Crippen molar-refractivity contribution in [3.8, 4) is 5.82 Å². The Morgan fingerprint density at radius 3 is 2.53 bits per heavy atom. The zero-order valence-corrected chi connectivity index (χ0v) is 17.2. The van der Waals surface area contributed by atoms with Gasteiger partial charge in [-0.25, -0.2) is 9.97 Å². The van der Waals surface area contributed by atoms with Gasteiger partial charge in [0.15, 0.2) is 0 Å². The number of rotatable bonds is 4. The molecule has 0 unspecified atom stereocenters. The number of anilines is 2. The zero-order chi connectivity index (χ0) is 21.1. The van der Waals surface area contributed by atoms with Gasteiger partial charge in [0.25, 0.3) is 5.91 Å². The lowest BCUT2D eigenvalue weighted by molar-refractivity contribution is -0.114. The number of nitrogens with one attached hydrogen (secondary N) is 1. The topological polar surface area (TPSA) is 83.4 Å². The van der Waals surface area contributed by atoms with E-state index in [2.05, 4.69) is 20.2 Å². The van der Waals surface area contributed by atoms with Crippen molar-refractivity contribution in [2.45, 2.75) is 6.92 Å². The number of imidazole rings is 1. The Kier molecular flexibility index (Phi) is 5.67. The number of nitrogens with zero attached hydrogens (tertiary/aromatic N) is 5. The monoisotopic (exact) mass is 424 g/mol. The normalized spacial score (nSPS) is 13.9. The van der Waals surface area contributed by atoms with Gasteiger partial charge in [0.2, 0.25) is 5.91 Å². The maximum Gasteiger partial charge on any atom is 0.274 e. The van der Waals surface area contributed by atoms with E-state index in [1.54, 1.807) is 40.3 Å². The first kappa shape index (κ1) is 19.9. The summed E-state index contributed by atoms with van der Waals surface area (Å²) in [4.78, 5) is 36.6. The molecule has 0 aliphatic carbocycles.